The summed E-state index contributed by atoms with van der Waals surface area (Å²) < 4.78 is 0. The first kappa shape index (κ1) is 16.4. The third-order valence-corrected chi connectivity index (χ3v) is 4.84. The molecule has 1 saturated carbocycles. The molecule has 1 aliphatic carbocycles. The summed E-state index contributed by atoms with van der Waals surface area (Å²) in [4.78, 5) is 2.61. The smallest absolute Gasteiger partial charge is 0.0368 e. The number of hydrogen-bond acceptors (Lipinski definition) is 2. The average molecular weight is 288 g/mol. The van der Waals surface area contributed by atoms with Crippen LogP contribution in [0.3, 0.4) is 0 Å². The number of hydrogen-bond donors (Lipinski definition) is 1. The number of rotatable bonds is 7. The lowest BCUT2D eigenvalue weighted by Gasteiger charge is -2.35. The van der Waals surface area contributed by atoms with Gasteiger partial charge in [0.25, 0.3) is 0 Å². The first-order valence-electron chi connectivity index (χ1n) is 8.90. The Bertz CT molecular complexity index is 393. The second-order valence-electron chi connectivity index (χ2n) is 6.19. The molecule has 0 radical (unpaired) electrons. The average Bonchev–Trinajstić information content (AvgIpc) is 2.55. The summed E-state index contributed by atoms with van der Waals surface area (Å²) in [6.07, 6.45) is 8.10. The van der Waals surface area contributed by atoms with Crippen LogP contribution in [0.4, 0.5) is 5.69 Å². The van der Waals surface area contributed by atoms with Crippen molar-refractivity contribution in [3.8, 4) is 0 Å². The fourth-order valence-corrected chi connectivity index (χ4v) is 3.69. The van der Waals surface area contributed by atoms with Crippen LogP contribution in [0.5, 0.6) is 0 Å². The highest BCUT2D eigenvalue weighted by atomic mass is 15.2. The Morgan fingerprint density at radius 2 is 1.71 bits per heavy atom. The topological polar surface area (TPSA) is 15.3 Å². The molecule has 2 rings (SSSR count). The lowest BCUT2D eigenvalue weighted by Crippen LogP contribution is -2.36. The summed E-state index contributed by atoms with van der Waals surface area (Å²) in [7, 11) is 0. The van der Waals surface area contributed by atoms with Crippen molar-refractivity contribution in [3.63, 3.8) is 0 Å². The van der Waals surface area contributed by atoms with E-state index in [4.69, 9.17) is 0 Å². The van der Waals surface area contributed by atoms with Crippen molar-refractivity contribution in [2.75, 3.05) is 18.0 Å². The first-order valence-corrected chi connectivity index (χ1v) is 8.90. The molecule has 1 fully saturated rings. The highest BCUT2D eigenvalue weighted by molar-refractivity contribution is 5.49. The second-order valence-corrected chi connectivity index (χ2v) is 6.19. The second kappa shape index (κ2) is 8.43. The molecule has 21 heavy (non-hydrogen) atoms. The molecule has 1 aromatic rings. The molecule has 0 spiro atoms. The van der Waals surface area contributed by atoms with E-state index in [0.29, 0.717) is 6.04 Å². The lowest BCUT2D eigenvalue weighted by atomic mass is 9.93. The predicted molar refractivity (Wildman–Crippen MR) is 93.0 cm³/mol. The van der Waals surface area contributed by atoms with Gasteiger partial charge < -0.3 is 10.2 Å². The maximum absolute atomic E-state index is 3.56. The Labute approximate surface area is 130 Å². The lowest BCUT2D eigenvalue weighted by molar-refractivity contribution is 0.418. The molecule has 118 valence electrons. The Hall–Kier alpha value is -1.02. The van der Waals surface area contributed by atoms with Gasteiger partial charge in [-0.15, -0.1) is 0 Å². The molecule has 0 saturated heterocycles. The molecule has 0 aliphatic heterocycles. The van der Waals surface area contributed by atoms with Crippen LogP contribution in [0.25, 0.3) is 0 Å². The highest BCUT2D eigenvalue weighted by Gasteiger charge is 2.20. The van der Waals surface area contributed by atoms with Gasteiger partial charge in [0.2, 0.25) is 0 Å². The van der Waals surface area contributed by atoms with Gasteiger partial charge in [0.15, 0.2) is 0 Å². The van der Waals surface area contributed by atoms with Crippen molar-refractivity contribution in [2.24, 2.45) is 0 Å². The van der Waals surface area contributed by atoms with Crippen LogP contribution in [0, 0.1) is 0 Å². The summed E-state index contributed by atoms with van der Waals surface area (Å²) >= 11 is 0. The van der Waals surface area contributed by atoms with Crippen LogP contribution in [0.1, 0.15) is 70.9 Å². The fraction of sp³-hybridized carbons (Fsp3) is 0.684. The van der Waals surface area contributed by atoms with Gasteiger partial charge in [-0.3, -0.25) is 0 Å². The minimum atomic E-state index is 0.494. The summed E-state index contributed by atoms with van der Waals surface area (Å²) in [5.74, 6) is 0. The minimum absolute atomic E-state index is 0.494. The van der Waals surface area contributed by atoms with Crippen LogP contribution < -0.4 is 10.2 Å². The van der Waals surface area contributed by atoms with Gasteiger partial charge >= 0.3 is 0 Å². The van der Waals surface area contributed by atoms with E-state index < -0.39 is 0 Å². The van der Waals surface area contributed by atoms with E-state index in [1.165, 1.54) is 43.4 Å². The standard InChI is InChI=1S/C19H32N2/c1-4-19(20-5-2)16-12-14-18(15-13-16)21(6-3)17-10-8-7-9-11-17/h12-15,17,19-20H,4-11H2,1-3H3. The van der Waals surface area contributed by atoms with E-state index in [1.54, 1.807) is 0 Å². The number of anilines is 1. The van der Waals surface area contributed by atoms with Gasteiger partial charge in [-0.2, -0.15) is 0 Å². The normalized spacial score (nSPS) is 17.7. The third kappa shape index (κ3) is 4.23. The summed E-state index contributed by atoms with van der Waals surface area (Å²) in [6.45, 7) is 8.87. The molecule has 0 amide bonds. The quantitative estimate of drug-likeness (QED) is 0.767. The maximum atomic E-state index is 3.56. The molecule has 1 aliphatic rings. The van der Waals surface area contributed by atoms with Gasteiger partial charge in [-0.1, -0.05) is 45.2 Å². The molecule has 1 atom stereocenters. The monoisotopic (exact) mass is 288 g/mol. The minimum Gasteiger partial charge on any atom is -0.369 e. The van der Waals surface area contributed by atoms with Gasteiger partial charge in [0, 0.05) is 24.3 Å². The van der Waals surface area contributed by atoms with E-state index in [2.05, 4.69) is 55.3 Å². The zero-order valence-electron chi connectivity index (χ0n) is 14.1. The molecule has 0 bridgehead atoms. The Balaban J connectivity index is 2.08. The fourth-order valence-electron chi connectivity index (χ4n) is 3.69. The van der Waals surface area contributed by atoms with Gasteiger partial charge in [0.05, 0.1) is 0 Å². The van der Waals surface area contributed by atoms with Gasteiger partial charge in [0.1, 0.15) is 0 Å². The van der Waals surface area contributed by atoms with Crippen molar-refractivity contribution in [1.82, 2.24) is 5.32 Å². The van der Waals surface area contributed by atoms with E-state index in [9.17, 15) is 0 Å². The maximum Gasteiger partial charge on any atom is 0.0368 e. The van der Waals surface area contributed by atoms with Crippen molar-refractivity contribution < 1.29 is 0 Å². The molecule has 2 heteroatoms. The molecule has 0 aromatic heterocycles. The number of benzene rings is 1. The number of nitrogens with one attached hydrogen (secondary N) is 1. The largest absolute Gasteiger partial charge is 0.369 e. The summed E-state index contributed by atoms with van der Waals surface area (Å²) in [6, 6.07) is 10.5. The van der Waals surface area contributed by atoms with E-state index in [0.717, 1.165) is 25.6 Å². The first-order chi connectivity index (χ1) is 10.3. The zero-order chi connectivity index (χ0) is 15.1. The molecule has 1 N–H and O–H groups in total. The van der Waals surface area contributed by atoms with Crippen LogP contribution in [0.2, 0.25) is 0 Å². The van der Waals surface area contributed by atoms with Crippen LogP contribution in [0.15, 0.2) is 24.3 Å². The van der Waals surface area contributed by atoms with Crippen molar-refractivity contribution in [1.29, 1.82) is 0 Å². The Morgan fingerprint density at radius 3 is 2.24 bits per heavy atom. The SMILES string of the molecule is CCNC(CC)c1ccc(N(CC)C2CCCCC2)cc1. The molecule has 1 aromatic carbocycles. The van der Waals surface area contributed by atoms with E-state index >= 15 is 0 Å². The highest BCUT2D eigenvalue weighted by Crippen LogP contribution is 2.28. The van der Waals surface area contributed by atoms with Gasteiger partial charge in [-0.05, 0) is 50.4 Å². The van der Waals surface area contributed by atoms with E-state index in [1.807, 2.05) is 0 Å². The van der Waals surface area contributed by atoms with Gasteiger partial charge in [-0.25, -0.2) is 0 Å². The Morgan fingerprint density at radius 1 is 1.05 bits per heavy atom. The Kier molecular flexibility index (Phi) is 6.56. The van der Waals surface area contributed by atoms with Crippen LogP contribution in [-0.4, -0.2) is 19.1 Å². The molecular formula is C19H32N2. The summed E-state index contributed by atoms with van der Waals surface area (Å²) in [5.41, 5.74) is 2.82. The van der Waals surface area contributed by atoms with Crippen LogP contribution in [-0.2, 0) is 0 Å². The molecule has 2 nitrogen and oxygen atoms in total. The molecular weight excluding hydrogens is 256 g/mol. The number of nitrogens with zero attached hydrogens (tertiary/aromatic N) is 1. The molecule has 1 unspecified atom stereocenters. The molecule has 0 heterocycles. The van der Waals surface area contributed by atoms with Crippen molar-refractivity contribution in [2.45, 2.75) is 71.4 Å². The zero-order valence-corrected chi connectivity index (χ0v) is 14.1. The third-order valence-electron chi connectivity index (χ3n) is 4.84. The predicted octanol–water partition coefficient (Wildman–Crippen LogP) is 4.91. The van der Waals surface area contributed by atoms with Crippen molar-refractivity contribution in [3.05, 3.63) is 29.8 Å². The summed E-state index contributed by atoms with van der Waals surface area (Å²) in [5, 5.41) is 3.56. The van der Waals surface area contributed by atoms with Crippen LogP contribution >= 0.6 is 0 Å². The van der Waals surface area contributed by atoms with Crippen molar-refractivity contribution >= 4 is 5.69 Å². The van der Waals surface area contributed by atoms with E-state index in [-0.39, 0.29) is 0 Å².